The highest BCUT2D eigenvalue weighted by Crippen LogP contribution is 2.24. The van der Waals surface area contributed by atoms with Crippen LogP contribution in [-0.4, -0.2) is 51.7 Å². The molecular weight excluding hydrogens is 280 g/mol. The van der Waals surface area contributed by atoms with Crippen molar-refractivity contribution in [1.82, 2.24) is 4.90 Å². The first-order valence-electron chi connectivity index (χ1n) is 6.17. The van der Waals surface area contributed by atoms with Gasteiger partial charge in [0.05, 0.1) is 0 Å². The highest BCUT2D eigenvalue weighted by Gasteiger charge is 2.24. The van der Waals surface area contributed by atoms with Gasteiger partial charge in [0, 0.05) is 30.6 Å². The Morgan fingerprint density at radius 2 is 2.20 bits per heavy atom. The number of carbonyl (C=O) groups excluding carboxylic acids is 1. The van der Waals surface area contributed by atoms with Gasteiger partial charge in [0.1, 0.15) is 11.3 Å². The number of aromatic carboxylic acids is 1. The lowest BCUT2D eigenvalue weighted by molar-refractivity contribution is 0.0694. The monoisotopic (exact) mass is 296 g/mol. The summed E-state index contributed by atoms with van der Waals surface area (Å²) in [5, 5.41) is 21.0. The van der Waals surface area contributed by atoms with Crippen LogP contribution in [0, 0.1) is 0 Å². The number of amides is 2. The molecule has 1 aliphatic heterocycles. The number of benzene rings is 1. The Morgan fingerprint density at radius 1 is 1.45 bits per heavy atom. The van der Waals surface area contributed by atoms with E-state index in [9.17, 15) is 14.7 Å². The molecule has 20 heavy (non-hydrogen) atoms. The number of anilines is 1. The minimum atomic E-state index is -1.21. The molecule has 1 aromatic carbocycles. The molecule has 1 saturated heterocycles. The molecule has 0 spiro atoms. The average Bonchev–Trinajstić information content (AvgIpc) is 2.91. The molecule has 0 aromatic heterocycles. The third-order valence-corrected chi connectivity index (χ3v) is 4.40. The fourth-order valence-electron chi connectivity index (χ4n) is 2.00. The van der Waals surface area contributed by atoms with Gasteiger partial charge >= 0.3 is 12.0 Å². The van der Waals surface area contributed by atoms with Crippen molar-refractivity contribution in [3.05, 3.63) is 23.8 Å². The van der Waals surface area contributed by atoms with E-state index in [1.165, 1.54) is 18.2 Å². The first-order chi connectivity index (χ1) is 9.49. The van der Waals surface area contributed by atoms with Crippen LogP contribution in [0.3, 0.4) is 0 Å². The molecular formula is C13H16N2O4S. The zero-order valence-corrected chi connectivity index (χ0v) is 11.8. The minimum Gasteiger partial charge on any atom is -0.507 e. The first kappa shape index (κ1) is 14.5. The summed E-state index contributed by atoms with van der Waals surface area (Å²) in [5.74, 6) is 0.401. The SMILES string of the molecule is CN(C(=O)Nc1ccc(C(=O)O)c(O)c1)C1CCSC1. The predicted molar refractivity (Wildman–Crippen MR) is 77.6 cm³/mol. The third-order valence-electron chi connectivity index (χ3n) is 3.25. The highest BCUT2D eigenvalue weighted by molar-refractivity contribution is 7.99. The van der Waals surface area contributed by atoms with E-state index in [2.05, 4.69) is 5.32 Å². The number of phenols is 1. The van der Waals surface area contributed by atoms with E-state index >= 15 is 0 Å². The van der Waals surface area contributed by atoms with E-state index in [0.29, 0.717) is 5.69 Å². The van der Waals surface area contributed by atoms with Crippen molar-refractivity contribution in [3.8, 4) is 5.75 Å². The number of rotatable bonds is 3. The molecule has 6 nitrogen and oxygen atoms in total. The molecule has 1 unspecified atom stereocenters. The fraction of sp³-hybridized carbons (Fsp3) is 0.385. The van der Waals surface area contributed by atoms with Crippen LogP contribution in [0.2, 0.25) is 0 Å². The Kier molecular flexibility index (Phi) is 4.39. The Morgan fingerprint density at radius 3 is 2.75 bits per heavy atom. The number of carboxylic acid groups (broad SMARTS) is 1. The van der Waals surface area contributed by atoms with Gasteiger partial charge in [-0.1, -0.05) is 0 Å². The summed E-state index contributed by atoms with van der Waals surface area (Å²) < 4.78 is 0. The van der Waals surface area contributed by atoms with Crippen LogP contribution in [0.5, 0.6) is 5.75 Å². The number of carboxylic acids is 1. The summed E-state index contributed by atoms with van der Waals surface area (Å²) in [5.41, 5.74) is 0.179. The molecule has 108 valence electrons. The molecule has 1 heterocycles. The standard InChI is InChI=1S/C13H16N2O4S/c1-15(9-4-5-20-7-9)13(19)14-8-2-3-10(12(17)18)11(16)6-8/h2-3,6,9,16H,4-5,7H2,1H3,(H,14,19)(H,17,18). The summed E-state index contributed by atoms with van der Waals surface area (Å²) in [6, 6.07) is 3.90. The Balaban J connectivity index is 2.04. The molecule has 7 heteroatoms. The van der Waals surface area contributed by atoms with Crippen molar-refractivity contribution in [3.63, 3.8) is 0 Å². The van der Waals surface area contributed by atoms with Crippen molar-refractivity contribution in [1.29, 1.82) is 0 Å². The van der Waals surface area contributed by atoms with Gasteiger partial charge in [0.25, 0.3) is 0 Å². The van der Waals surface area contributed by atoms with Crippen LogP contribution in [0.1, 0.15) is 16.8 Å². The molecule has 0 saturated carbocycles. The van der Waals surface area contributed by atoms with Gasteiger partial charge in [-0.05, 0) is 24.3 Å². The second kappa shape index (κ2) is 6.04. The second-order valence-electron chi connectivity index (χ2n) is 4.60. The van der Waals surface area contributed by atoms with E-state index < -0.39 is 5.97 Å². The van der Waals surface area contributed by atoms with Crippen LogP contribution in [-0.2, 0) is 0 Å². The van der Waals surface area contributed by atoms with Gasteiger partial charge in [-0.2, -0.15) is 11.8 Å². The first-order valence-corrected chi connectivity index (χ1v) is 7.32. The van der Waals surface area contributed by atoms with Crippen LogP contribution in [0.25, 0.3) is 0 Å². The summed E-state index contributed by atoms with van der Waals surface area (Å²) in [4.78, 5) is 24.5. The second-order valence-corrected chi connectivity index (χ2v) is 5.75. The van der Waals surface area contributed by atoms with Gasteiger partial charge in [-0.15, -0.1) is 0 Å². The molecule has 2 rings (SSSR count). The minimum absolute atomic E-state index is 0.191. The van der Waals surface area contributed by atoms with Crippen LogP contribution >= 0.6 is 11.8 Å². The van der Waals surface area contributed by atoms with Gasteiger partial charge in [-0.3, -0.25) is 0 Å². The molecule has 0 radical (unpaired) electrons. The van der Waals surface area contributed by atoms with Gasteiger partial charge in [0.15, 0.2) is 0 Å². The molecule has 2 amide bonds. The molecule has 0 bridgehead atoms. The number of urea groups is 1. The van der Waals surface area contributed by atoms with Crippen molar-refractivity contribution in [2.75, 3.05) is 23.9 Å². The molecule has 3 N–H and O–H groups in total. The smallest absolute Gasteiger partial charge is 0.339 e. The van der Waals surface area contributed by atoms with Gasteiger partial charge < -0.3 is 20.4 Å². The zero-order valence-electron chi connectivity index (χ0n) is 11.0. The number of nitrogens with zero attached hydrogens (tertiary/aromatic N) is 1. The van der Waals surface area contributed by atoms with Crippen molar-refractivity contribution < 1.29 is 19.8 Å². The normalized spacial score (nSPS) is 17.8. The van der Waals surface area contributed by atoms with Crippen LogP contribution in [0.15, 0.2) is 18.2 Å². The van der Waals surface area contributed by atoms with Crippen LogP contribution in [0.4, 0.5) is 10.5 Å². The van der Waals surface area contributed by atoms with Crippen LogP contribution < -0.4 is 5.32 Å². The van der Waals surface area contributed by atoms with E-state index in [1.807, 2.05) is 11.8 Å². The lowest BCUT2D eigenvalue weighted by Crippen LogP contribution is -2.39. The fourth-order valence-corrected chi connectivity index (χ4v) is 3.26. The Bertz CT molecular complexity index is 529. The number of carbonyl (C=O) groups is 2. The predicted octanol–water partition coefficient (Wildman–Crippen LogP) is 2.06. The summed E-state index contributed by atoms with van der Waals surface area (Å²) in [7, 11) is 1.73. The van der Waals surface area contributed by atoms with E-state index in [-0.39, 0.29) is 23.4 Å². The summed E-state index contributed by atoms with van der Waals surface area (Å²) in [6.45, 7) is 0. The molecule has 1 atom stereocenters. The molecule has 1 fully saturated rings. The lowest BCUT2D eigenvalue weighted by atomic mass is 10.2. The number of hydrogen-bond acceptors (Lipinski definition) is 4. The molecule has 1 aliphatic rings. The number of thioether (sulfide) groups is 1. The molecule has 1 aromatic rings. The molecule has 0 aliphatic carbocycles. The zero-order chi connectivity index (χ0) is 14.7. The summed E-state index contributed by atoms with van der Waals surface area (Å²) >= 11 is 1.81. The quantitative estimate of drug-likeness (QED) is 0.794. The number of aromatic hydroxyl groups is 1. The highest BCUT2D eigenvalue weighted by atomic mass is 32.2. The van der Waals surface area contributed by atoms with Crippen molar-refractivity contribution in [2.45, 2.75) is 12.5 Å². The number of hydrogen-bond donors (Lipinski definition) is 3. The summed E-state index contributed by atoms with van der Waals surface area (Å²) in [6.07, 6.45) is 0.970. The Hall–Kier alpha value is -1.89. The third kappa shape index (κ3) is 3.16. The number of nitrogens with one attached hydrogen (secondary N) is 1. The lowest BCUT2D eigenvalue weighted by Gasteiger charge is -2.24. The maximum atomic E-state index is 12.0. The maximum Gasteiger partial charge on any atom is 0.339 e. The van der Waals surface area contributed by atoms with Crippen molar-refractivity contribution in [2.24, 2.45) is 0 Å². The maximum absolute atomic E-state index is 12.0. The van der Waals surface area contributed by atoms with Gasteiger partial charge in [0.2, 0.25) is 0 Å². The Labute approximate surface area is 120 Å². The largest absolute Gasteiger partial charge is 0.507 e. The topological polar surface area (TPSA) is 89.9 Å². The van der Waals surface area contributed by atoms with Gasteiger partial charge in [-0.25, -0.2) is 9.59 Å². The van der Waals surface area contributed by atoms with Crippen molar-refractivity contribution >= 4 is 29.4 Å². The van der Waals surface area contributed by atoms with E-state index in [4.69, 9.17) is 5.11 Å². The average molecular weight is 296 g/mol. The van der Waals surface area contributed by atoms with E-state index in [1.54, 1.807) is 11.9 Å². The van der Waals surface area contributed by atoms with E-state index in [0.717, 1.165) is 17.9 Å².